The Bertz CT molecular complexity index is 633. The number of hydrogen-bond donors (Lipinski definition) is 2. The van der Waals surface area contributed by atoms with Gasteiger partial charge in [-0.3, -0.25) is 4.79 Å². The third-order valence-corrected chi connectivity index (χ3v) is 3.65. The lowest BCUT2D eigenvalue weighted by atomic mass is 10.2. The number of hydrogen-bond acceptors (Lipinski definition) is 4. The fourth-order valence-corrected chi connectivity index (χ4v) is 2.46. The number of pyridine rings is 1. The van der Waals surface area contributed by atoms with Gasteiger partial charge in [0.1, 0.15) is 5.82 Å². The Morgan fingerprint density at radius 3 is 2.57 bits per heavy atom. The highest BCUT2D eigenvalue weighted by molar-refractivity contribution is 6.05. The van der Waals surface area contributed by atoms with E-state index in [-0.39, 0.29) is 5.91 Å². The van der Waals surface area contributed by atoms with Gasteiger partial charge in [0, 0.05) is 19.3 Å². The minimum absolute atomic E-state index is 0.201. The van der Waals surface area contributed by atoms with Gasteiger partial charge in [-0.05, 0) is 37.1 Å². The highest BCUT2D eigenvalue weighted by atomic mass is 16.1. The normalized spacial score (nSPS) is 14.2. The van der Waals surface area contributed by atoms with Crippen LogP contribution in [0.3, 0.4) is 0 Å². The van der Waals surface area contributed by atoms with Crippen molar-refractivity contribution in [2.24, 2.45) is 0 Å². The number of aromatic nitrogens is 1. The molecule has 21 heavy (non-hydrogen) atoms. The summed E-state index contributed by atoms with van der Waals surface area (Å²) in [6.07, 6.45) is 4.02. The van der Waals surface area contributed by atoms with E-state index in [1.165, 1.54) is 12.8 Å². The van der Waals surface area contributed by atoms with Gasteiger partial charge in [0.05, 0.1) is 16.9 Å². The molecule has 0 spiro atoms. The van der Waals surface area contributed by atoms with Crippen molar-refractivity contribution in [3.05, 3.63) is 48.2 Å². The Morgan fingerprint density at radius 2 is 1.90 bits per heavy atom. The van der Waals surface area contributed by atoms with E-state index in [2.05, 4.69) is 15.2 Å². The van der Waals surface area contributed by atoms with E-state index >= 15 is 0 Å². The van der Waals surface area contributed by atoms with Crippen molar-refractivity contribution in [1.29, 1.82) is 0 Å². The molecule has 1 aliphatic rings. The number of benzene rings is 1. The van der Waals surface area contributed by atoms with Gasteiger partial charge in [0.25, 0.3) is 5.91 Å². The number of rotatable bonds is 3. The Morgan fingerprint density at radius 1 is 1.14 bits per heavy atom. The van der Waals surface area contributed by atoms with Gasteiger partial charge in [-0.2, -0.15) is 0 Å². The fraction of sp³-hybridized carbons (Fsp3) is 0.250. The molecular weight excluding hydrogens is 264 g/mol. The summed E-state index contributed by atoms with van der Waals surface area (Å²) in [4.78, 5) is 18.8. The molecule has 0 radical (unpaired) electrons. The molecule has 5 heteroatoms. The van der Waals surface area contributed by atoms with Gasteiger partial charge in [0.15, 0.2) is 0 Å². The SMILES string of the molecule is Nc1ccccc1NC(=O)c1ccc(N2CCCC2)nc1. The summed E-state index contributed by atoms with van der Waals surface area (Å²) in [5.41, 5.74) is 7.51. The van der Waals surface area contributed by atoms with Crippen LogP contribution in [-0.2, 0) is 0 Å². The average Bonchev–Trinajstić information content (AvgIpc) is 3.04. The summed E-state index contributed by atoms with van der Waals surface area (Å²) in [5.74, 6) is 0.733. The number of nitrogens with zero attached hydrogens (tertiary/aromatic N) is 2. The van der Waals surface area contributed by atoms with Gasteiger partial charge in [0.2, 0.25) is 0 Å². The first kappa shape index (κ1) is 13.4. The molecule has 1 fully saturated rings. The van der Waals surface area contributed by atoms with Gasteiger partial charge >= 0.3 is 0 Å². The van der Waals surface area contributed by atoms with E-state index in [4.69, 9.17) is 5.73 Å². The molecule has 0 unspecified atom stereocenters. The summed E-state index contributed by atoms with van der Waals surface area (Å²) in [5, 5.41) is 2.80. The average molecular weight is 282 g/mol. The van der Waals surface area contributed by atoms with Gasteiger partial charge < -0.3 is 16.0 Å². The number of carbonyl (C=O) groups excluding carboxylic acids is 1. The Hall–Kier alpha value is -2.56. The molecule has 1 aromatic carbocycles. The quantitative estimate of drug-likeness (QED) is 0.849. The molecule has 3 N–H and O–H groups in total. The van der Waals surface area contributed by atoms with Crippen LogP contribution in [0.15, 0.2) is 42.6 Å². The zero-order valence-corrected chi connectivity index (χ0v) is 11.7. The molecule has 5 nitrogen and oxygen atoms in total. The number of para-hydroxylation sites is 2. The maximum absolute atomic E-state index is 12.2. The smallest absolute Gasteiger partial charge is 0.257 e. The zero-order valence-electron chi connectivity index (χ0n) is 11.7. The van der Waals surface area contributed by atoms with Gasteiger partial charge in [-0.15, -0.1) is 0 Å². The molecular formula is C16H18N4O. The van der Waals surface area contributed by atoms with Crippen LogP contribution in [0.5, 0.6) is 0 Å². The maximum Gasteiger partial charge on any atom is 0.257 e. The number of amides is 1. The lowest BCUT2D eigenvalue weighted by Crippen LogP contribution is -2.19. The highest BCUT2D eigenvalue weighted by Crippen LogP contribution is 2.20. The van der Waals surface area contributed by atoms with Crippen LogP contribution in [0.2, 0.25) is 0 Å². The predicted molar refractivity (Wildman–Crippen MR) is 84.5 cm³/mol. The third kappa shape index (κ3) is 2.97. The van der Waals surface area contributed by atoms with E-state index in [0.717, 1.165) is 18.9 Å². The van der Waals surface area contributed by atoms with Crippen molar-refractivity contribution >= 4 is 23.1 Å². The Kier molecular flexibility index (Phi) is 3.73. The second kappa shape index (κ2) is 5.83. The van der Waals surface area contributed by atoms with Crippen molar-refractivity contribution in [2.45, 2.75) is 12.8 Å². The molecule has 1 aliphatic heterocycles. The van der Waals surface area contributed by atoms with Crippen molar-refractivity contribution in [3.63, 3.8) is 0 Å². The summed E-state index contributed by atoms with van der Waals surface area (Å²) in [6, 6.07) is 10.9. The molecule has 2 aromatic rings. The monoisotopic (exact) mass is 282 g/mol. The Labute approximate surface area is 123 Å². The van der Waals surface area contributed by atoms with Gasteiger partial charge in [-0.1, -0.05) is 12.1 Å². The third-order valence-electron chi connectivity index (χ3n) is 3.65. The number of nitrogen functional groups attached to an aromatic ring is 1. The largest absolute Gasteiger partial charge is 0.397 e. The summed E-state index contributed by atoms with van der Waals surface area (Å²) >= 11 is 0. The molecule has 2 heterocycles. The zero-order chi connectivity index (χ0) is 14.7. The van der Waals surface area contributed by atoms with Crippen molar-refractivity contribution in [3.8, 4) is 0 Å². The second-order valence-corrected chi connectivity index (χ2v) is 5.14. The predicted octanol–water partition coefficient (Wildman–Crippen LogP) is 2.52. The molecule has 1 saturated heterocycles. The molecule has 3 rings (SSSR count). The van der Waals surface area contributed by atoms with Crippen molar-refractivity contribution in [2.75, 3.05) is 29.0 Å². The second-order valence-electron chi connectivity index (χ2n) is 5.14. The number of carbonyl (C=O) groups is 1. The van der Waals surface area contributed by atoms with Crippen LogP contribution in [0.1, 0.15) is 23.2 Å². The minimum Gasteiger partial charge on any atom is -0.397 e. The van der Waals surface area contributed by atoms with E-state index in [9.17, 15) is 4.79 Å². The van der Waals surface area contributed by atoms with Crippen LogP contribution in [0, 0.1) is 0 Å². The van der Waals surface area contributed by atoms with E-state index < -0.39 is 0 Å². The van der Waals surface area contributed by atoms with E-state index in [1.807, 2.05) is 18.2 Å². The molecule has 108 valence electrons. The van der Waals surface area contributed by atoms with Crippen LogP contribution >= 0.6 is 0 Å². The van der Waals surface area contributed by atoms with E-state index in [0.29, 0.717) is 16.9 Å². The molecule has 1 aromatic heterocycles. The number of nitrogens with two attached hydrogens (primary N) is 1. The first-order valence-electron chi connectivity index (χ1n) is 7.11. The first-order valence-corrected chi connectivity index (χ1v) is 7.11. The molecule has 0 bridgehead atoms. The summed E-state index contributed by atoms with van der Waals surface area (Å²) in [7, 11) is 0. The van der Waals surface area contributed by atoms with Crippen LogP contribution in [-0.4, -0.2) is 24.0 Å². The first-order chi connectivity index (χ1) is 10.2. The Balaban J connectivity index is 1.71. The van der Waals surface area contributed by atoms with Gasteiger partial charge in [-0.25, -0.2) is 4.98 Å². The van der Waals surface area contributed by atoms with Crippen LogP contribution < -0.4 is 16.0 Å². The highest BCUT2D eigenvalue weighted by Gasteiger charge is 2.14. The molecule has 0 atom stereocenters. The van der Waals surface area contributed by atoms with Crippen LogP contribution in [0.25, 0.3) is 0 Å². The summed E-state index contributed by atoms with van der Waals surface area (Å²) < 4.78 is 0. The summed E-state index contributed by atoms with van der Waals surface area (Å²) in [6.45, 7) is 2.08. The van der Waals surface area contributed by atoms with Crippen molar-refractivity contribution < 1.29 is 4.79 Å². The molecule has 0 saturated carbocycles. The topological polar surface area (TPSA) is 71.2 Å². The molecule has 0 aliphatic carbocycles. The van der Waals surface area contributed by atoms with E-state index in [1.54, 1.807) is 24.4 Å². The number of anilines is 3. The van der Waals surface area contributed by atoms with Crippen molar-refractivity contribution in [1.82, 2.24) is 4.98 Å². The number of nitrogens with one attached hydrogen (secondary N) is 1. The standard InChI is InChI=1S/C16H18N4O/c17-13-5-1-2-6-14(13)19-16(21)12-7-8-15(18-11-12)20-9-3-4-10-20/h1-2,5-8,11H,3-4,9-10,17H2,(H,19,21). The lowest BCUT2D eigenvalue weighted by Gasteiger charge is -2.16. The van der Waals surface area contributed by atoms with Crippen LogP contribution in [0.4, 0.5) is 17.2 Å². The minimum atomic E-state index is -0.201. The lowest BCUT2D eigenvalue weighted by molar-refractivity contribution is 0.102. The molecule has 1 amide bonds. The fourth-order valence-electron chi connectivity index (χ4n) is 2.46. The maximum atomic E-state index is 12.2.